The molecule has 0 aliphatic carbocycles. The molecule has 3 nitrogen and oxygen atoms in total. The van der Waals surface area contributed by atoms with Crippen LogP contribution < -0.4 is 4.31 Å². The lowest BCUT2D eigenvalue weighted by molar-refractivity contribution is 0.540. The number of hydrogen-bond acceptors (Lipinski definition) is 2. The minimum absolute atomic E-state index is 0.120. The van der Waals surface area contributed by atoms with Crippen molar-refractivity contribution in [3.8, 4) is 0 Å². The second-order valence-electron chi connectivity index (χ2n) is 4.98. The van der Waals surface area contributed by atoms with Crippen molar-refractivity contribution < 1.29 is 8.42 Å². The van der Waals surface area contributed by atoms with Crippen LogP contribution in [0.5, 0.6) is 0 Å². The lowest BCUT2D eigenvalue weighted by atomic mass is 9.96. The highest BCUT2D eigenvalue weighted by Gasteiger charge is 2.33. The van der Waals surface area contributed by atoms with E-state index in [1.165, 1.54) is 4.31 Å². The molecule has 1 heterocycles. The molecule has 2 unspecified atom stereocenters. The molecule has 1 aromatic carbocycles. The summed E-state index contributed by atoms with van der Waals surface area (Å²) in [6.07, 6.45) is 0.928. The number of fused-ring (bicyclic) bond motifs is 1. The molecule has 1 aliphatic rings. The van der Waals surface area contributed by atoms with Crippen molar-refractivity contribution >= 4 is 27.3 Å². The van der Waals surface area contributed by atoms with Crippen LogP contribution in [0, 0.1) is 5.92 Å². The molecule has 0 fully saturated rings. The molecule has 0 spiro atoms. The molecule has 100 valence electrons. The normalized spacial score (nSPS) is 21.5. The second kappa shape index (κ2) is 5.10. The number of hydrogen-bond donors (Lipinski definition) is 0. The third-order valence-electron chi connectivity index (χ3n) is 3.34. The average Bonchev–Trinajstić information content (AvgIpc) is 2.36. The maximum Gasteiger partial charge on any atom is 0.238 e. The Balaban J connectivity index is 2.47. The van der Waals surface area contributed by atoms with E-state index in [-0.39, 0.29) is 5.88 Å². The van der Waals surface area contributed by atoms with Gasteiger partial charge >= 0.3 is 0 Å². The van der Waals surface area contributed by atoms with Crippen LogP contribution in [-0.4, -0.2) is 26.1 Å². The van der Waals surface area contributed by atoms with Gasteiger partial charge in [0.1, 0.15) is 0 Å². The van der Waals surface area contributed by atoms with Crippen molar-refractivity contribution in [2.45, 2.75) is 25.5 Å². The highest BCUT2D eigenvalue weighted by atomic mass is 35.5. The van der Waals surface area contributed by atoms with Gasteiger partial charge in [-0.25, -0.2) is 8.42 Å². The zero-order valence-electron chi connectivity index (χ0n) is 10.6. The van der Waals surface area contributed by atoms with E-state index in [1.54, 1.807) is 6.92 Å². The smallest absolute Gasteiger partial charge is 0.238 e. The third-order valence-corrected chi connectivity index (χ3v) is 6.13. The summed E-state index contributed by atoms with van der Waals surface area (Å²) in [5.74, 6) is 0.451. The largest absolute Gasteiger partial charge is 0.269 e. The molecule has 0 amide bonds. The molecule has 0 aromatic heterocycles. The van der Waals surface area contributed by atoms with E-state index in [1.807, 2.05) is 24.3 Å². The van der Waals surface area contributed by atoms with Crippen molar-refractivity contribution in [3.63, 3.8) is 0 Å². The van der Waals surface area contributed by atoms with E-state index in [4.69, 9.17) is 11.6 Å². The summed E-state index contributed by atoms with van der Waals surface area (Å²) in [5, 5.41) is -0.558. The molecule has 5 heteroatoms. The van der Waals surface area contributed by atoms with Crippen LogP contribution in [-0.2, 0) is 16.4 Å². The lowest BCUT2D eigenvalue weighted by Crippen LogP contribution is -2.43. The summed E-state index contributed by atoms with van der Waals surface area (Å²) in [5.41, 5.74) is 1.91. The Hall–Kier alpha value is -0.740. The minimum atomic E-state index is -3.36. The SMILES string of the molecule is CC1Cc2ccccc2N(S(=O)(=O)C(C)CCl)C1. The van der Waals surface area contributed by atoms with Gasteiger partial charge in [-0.3, -0.25) is 4.31 Å². The van der Waals surface area contributed by atoms with Crippen LogP contribution in [0.25, 0.3) is 0 Å². The van der Waals surface area contributed by atoms with Gasteiger partial charge in [0.05, 0.1) is 10.9 Å². The zero-order chi connectivity index (χ0) is 13.3. The number of rotatable bonds is 3. The molecule has 0 N–H and O–H groups in total. The van der Waals surface area contributed by atoms with Crippen LogP contribution in [0.3, 0.4) is 0 Å². The summed E-state index contributed by atoms with van der Waals surface area (Å²) in [7, 11) is -3.36. The Morgan fingerprint density at radius 2 is 2.11 bits per heavy atom. The average molecular weight is 288 g/mol. The number of para-hydroxylation sites is 1. The van der Waals surface area contributed by atoms with Gasteiger partial charge in [-0.1, -0.05) is 25.1 Å². The molecule has 0 bridgehead atoms. The fraction of sp³-hybridized carbons (Fsp3) is 0.538. The van der Waals surface area contributed by atoms with E-state index in [2.05, 4.69) is 6.92 Å². The Labute approximate surface area is 114 Å². The first-order valence-corrected chi connectivity index (χ1v) is 8.16. The van der Waals surface area contributed by atoms with Crippen LogP contribution >= 0.6 is 11.6 Å². The van der Waals surface area contributed by atoms with E-state index in [0.717, 1.165) is 17.7 Å². The molecule has 2 rings (SSSR count). The minimum Gasteiger partial charge on any atom is -0.269 e. The maximum atomic E-state index is 12.5. The van der Waals surface area contributed by atoms with Crippen molar-refractivity contribution in [1.82, 2.24) is 0 Å². The molecule has 2 atom stereocenters. The number of sulfonamides is 1. The van der Waals surface area contributed by atoms with Crippen molar-refractivity contribution in [3.05, 3.63) is 29.8 Å². The van der Waals surface area contributed by atoms with Gasteiger partial charge in [-0.05, 0) is 30.9 Å². The number of nitrogens with zero attached hydrogens (tertiary/aromatic N) is 1. The van der Waals surface area contributed by atoms with Gasteiger partial charge in [-0.2, -0.15) is 0 Å². The van der Waals surface area contributed by atoms with Gasteiger partial charge in [-0.15, -0.1) is 11.6 Å². The van der Waals surface area contributed by atoms with Gasteiger partial charge in [0.2, 0.25) is 10.0 Å². The number of anilines is 1. The standard InChI is InChI=1S/C13H18ClNO2S/c1-10-7-12-5-3-4-6-13(12)15(9-10)18(16,17)11(2)8-14/h3-6,10-11H,7-9H2,1-2H3. The second-order valence-corrected chi connectivity index (χ2v) is 7.56. The highest BCUT2D eigenvalue weighted by molar-refractivity contribution is 7.93. The number of alkyl halides is 1. The summed E-state index contributed by atoms with van der Waals surface area (Å²) in [6.45, 7) is 4.27. The first kappa shape index (κ1) is 13.7. The third kappa shape index (κ3) is 2.36. The fourth-order valence-electron chi connectivity index (χ4n) is 2.29. The molecular weight excluding hydrogens is 270 g/mol. The van der Waals surface area contributed by atoms with Crippen LogP contribution in [0.15, 0.2) is 24.3 Å². The van der Waals surface area contributed by atoms with Gasteiger partial charge in [0.25, 0.3) is 0 Å². The van der Waals surface area contributed by atoms with Crippen molar-refractivity contribution in [2.75, 3.05) is 16.7 Å². The number of benzene rings is 1. The van der Waals surface area contributed by atoms with E-state index < -0.39 is 15.3 Å². The summed E-state index contributed by atoms with van der Waals surface area (Å²) < 4.78 is 26.5. The first-order valence-electron chi connectivity index (χ1n) is 6.12. The van der Waals surface area contributed by atoms with Gasteiger partial charge in [0.15, 0.2) is 0 Å². The maximum absolute atomic E-state index is 12.5. The molecular formula is C13H18ClNO2S. The molecule has 0 radical (unpaired) electrons. The zero-order valence-corrected chi connectivity index (χ0v) is 12.2. The Kier molecular flexibility index (Phi) is 3.87. The molecule has 0 saturated heterocycles. The van der Waals surface area contributed by atoms with E-state index in [9.17, 15) is 8.42 Å². The monoisotopic (exact) mass is 287 g/mol. The topological polar surface area (TPSA) is 37.4 Å². The quantitative estimate of drug-likeness (QED) is 0.802. The summed E-state index contributed by atoms with van der Waals surface area (Å²) in [6, 6.07) is 7.70. The molecule has 1 aliphatic heterocycles. The Morgan fingerprint density at radius 1 is 1.44 bits per heavy atom. The summed E-state index contributed by atoms with van der Waals surface area (Å²) in [4.78, 5) is 0. The highest BCUT2D eigenvalue weighted by Crippen LogP contribution is 2.32. The van der Waals surface area contributed by atoms with Crippen molar-refractivity contribution in [2.24, 2.45) is 5.92 Å². The van der Waals surface area contributed by atoms with Crippen LogP contribution in [0.4, 0.5) is 5.69 Å². The van der Waals surface area contributed by atoms with E-state index >= 15 is 0 Å². The first-order chi connectivity index (χ1) is 8.46. The van der Waals surface area contributed by atoms with E-state index in [0.29, 0.717) is 12.5 Å². The molecule has 18 heavy (non-hydrogen) atoms. The predicted octanol–water partition coefficient (Wildman–Crippen LogP) is 2.64. The molecule has 1 aromatic rings. The predicted molar refractivity (Wildman–Crippen MR) is 75.8 cm³/mol. The number of halogens is 1. The summed E-state index contributed by atoms with van der Waals surface area (Å²) >= 11 is 5.71. The van der Waals surface area contributed by atoms with Gasteiger partial charge < -0.3 is 0 Å². The lowest BCUT2D eigenvalue weighted by Gasteiger charge is -2.35. The van der Waals surface area contributed by atoms with Crippen LogP contribution in [0.2, 0.25) is 0 Å². The Bertz CT molecular complexity index is 530. The van der Waals surface area contributed by atoms with Crippen LogP contribution in [0.1, 0.15) is 19.4 Å². The van der Waals surface area contributed by atoms with Gasteiger partial charge in [0, 0.05) is 12.4 Å². The fourth-order valence-corrected chi connectivity index (χ4v) is 4.27. The van der Waals surface area contributed by atoms with Crippen molar-refractivity contribution in [1.29, 1.82) is 0 Å². The Morgan fingerprint density at radius 3 is 2.78 bits per heavy atom. The molecule has 0 saturated carbocycles.